The number of hydrogen-bond acceptors (Lipinski definition) is 13. The van der Waals surface area contributed by atoms with E-state index in [-0.39, 0.29) is 16.1 Å². The Kier molecular flexibility index (Phi) is 46.1. The second-order valence-electron chi connectivity index (χ2n) is 11.8. The van der Waals surface area contributed by atoms with E-state index in [2.05, 4.69) is 40.9 Å². The minimum atomic E-state index is -4.56. The van der Waals surface area contributed by atoms with Crippen molar-refractivity contribution in [3.63, 3.8) is 0 Å². The third-order valence-electron chi connectivity index (χ3n) is 7.51. The van der Waals surface area contributed by atoms with Crippen LogP contribution >= 0.6 is 0 Å². The Labute approximate surface area is 434 Å². The highest BCUT2D eigenvalue weighted by atomic mass is 32.2. The summed E-state index contributed by atoms with van der Waals surface area (Å²) in [6.07, 6.45) is 3.33. The largest absolute Gasteiger partial charge is 0.425 e. The summed E-state index contributed by atoms with van der Waals surface area (Å²) < 4.78 is 59.8. The normalized spacial score (nSPS) is 9.88. The summed E-state index contributed by atoms with van der Waals surface area (Å²) in [5.74, 6) is 0. The lowest BCUT2D eigenvalue weighted by molar-refractivity contribution is 0.483. The fraction of sp³-hybridized carbons (Fsp3) is 0.321. The van der Waals surface area contributed by atoms with E-state index in [0.29, 0.717) is 28.4 Å². The van der Waals surface area contributed by atoms with Crippen molar-refractivity contribution in [3.8, 4) is 0 Å². The van der Waals surface area contributed by atoms with Gasteiger partial charge in [-0.25, -0.2) is 0 Å². The molecule has 0 radical (unpaired) electrons. The van der Waals surface area contributed by atoms with Crippen LogP contribution in [0.15, 0.2) is 185 Å². The summed E-state index contributed by atoms with van der Waals surface area (Å²) in [5, 5.41) is 33.9. The zero-order valence-electron chi connectivity index (χ0n) is 45.8. The van der Waals surface area contributed by atoms with Gasteiger partial charge in [-0.05, 0) is 122 Å². The highest BCUT2D eigenvalue weighted by Crippen LogP contribution is 2.29. The van der Waals surface area contributed by atoms with Crippen LogP contribution in [0, 0.1) is 13.8 Å². The molecule has 0 bridgehead atoms. The number of hydrogen-bond donors (Lipinski definition) is 1. The van der Waals surface area contributed by atoms with Crippen molar-refractivity contribution < 1.29 is 25.6 Å². The summed E-state index contributed by atoms with van der Waals surface area (Å²) in [6.45, 7) is 36.0. The molecule has 6 aromatic rings. The lowest BCUT2D eigenvalue weighted by Gasteiger charge is -2.04. The van der Waals surface area contributed by atoms with E-state index in [4.69, 9.17) is 12.6 Å². The van der Waals surface area contributed by atoms with Crippen molar-refractivity contribution in [1.82, 2.24) is 0 Å². The fourth-order valence-corrected chi connectivity index (χ4v) is 5.34. The van der Waals surface area contributed by atoms with Crippen molar-refractivity contribution in [3.05, 3.63) is 162 Å². The molecule has 6 rings (SSSR count). The van der Waals surface area contributed by atoms with Crippen LogP contribution in [0.2, 0.25) is 0 Å². The van der Waals surface area contributed by atoms with Crippen LogP contribution in [0.5, 0.6) is 0 Å². The number of benzene rings is 6. The van der Waals surface area contributed by atoms with Crippen LogP contribution in [0.3, 0.4) is 0 Å². The first-order valence-electron chi connectivity index (χ1n) is 24.6. The minimum Gasteiger partial charge on any atom is -0.282 e. The SMILES string of the molecule is CC.CC.CC.CC.CC.CC.CC.CC.Cc1ccc(N=Nc2ccc(N=Nc3ccc(C=Cc4ccc(N=Nc5ccc(N=Nc6ccc(C)cc6)cc5)cc4S(=O)(=O)O)cc3)cc2)cc1.O=S(=O)=O. The van der Waals surface area contributed by atoms with Gasteiger partial charge in [0, 0.05) is 0 Å². The van der Waals surface area contributed by atoms with Gasteiger partial charge in [-0.1, -0.05) is 177 Å². The topological polar surface area (TPSA) is 204 Å². The Morgan fingerprint density at radius 3 is 0.806 bits per heavy atom. The zero-order valence-corrected chi connectivity index (χ0v) is 47.4. The van der Waals surface area contributed by atoms with E-state index in [1.165, 1.54) is 6.07 Å². The molecule has 0 heterocycles. The van der Waals surface area contributed by atoms with E-state index in [0.717, 1.165) is 28.1 Å². The second kappa shape index (κ2) is 46.4. The van der Waals surface area contributed by atoms with E-state index in [1.807, 2.05) is 210 Å². The molecule has 0 spiro atoms. The molecule has 1 N–H and O–H groups in total. The summed E-state index contributed by atoms with van der Waals surface area (Å²) >= 11 is 0. The summed E-state index contributed by atoms with van der Waals surface area (Å²) in [7, 11) is -7.67. The third kappa shape index (κ3) is 32.0. The van der Waals surface area contributed by atoms with E-state index in [9.17, 15) is 13.0 Å². The Hall–Kier alpha value is -7.01. The molecule has 0 amide bonds. The van der Waals surface area contributed by atoms with Crippen LogP contribution in [-0.4, -0.2) is 25.6 Å². The molecule has 0 saturated heterocycles. The maximum Gasteiger partial charge on any atom is 0.425 e. The van der Waals surface area contributed by atoms with Crippen LogP contribution in [-0.2, 0) is 20.7 Å². The van der Waals surface area contributed by atoms with Crippen molar-refractivity contribution in [2.24, 2.45) is 40.9 Å². The van der Waals surface area contributed by atoms with Crippen molar-refractivity contribution in [1.29, 1.82) is 0 Å². The summed E-state index contributed by atoms with van der Waals surface area (Å²) in [4.78, 5) is -0.292. The first-order chi connectivity index (χ1) is 34.9. The predicted octanol–water partition coefficient (Wildman–Crippen LogP) is 20.6. The lowest BCUT2D eigenvalue weighted by atomic mass is 10.1. The molecule has 0 fully saturated rings. The molecular weight excluding hydrogens is 945 g/mol. The molecule has 0 unspecified atom stereocenters. The zero-order chi connectivity index (χ0) is 55.9. The molecule has 72 heavy (non-hydrogen) atoms. The summed E-state index contributed by atoms with van der Waals surface area (Å²) in [5.41, 5.74) is 8.33. The Morgan fingerprint density at radius 2 is 0.556 bits per heavy atom. The van der Waals surface area contributed by atoms with Gasteiger partial charge in [0.2, 0.25) is 0 Å². The van der Waals surface area contributed by atoms with Crippen molar-refractivity contribution >= 4 is 78.4 Å². The van der Waals surface area contributed by atoms with Gasteiger partial charge < -0.3 is 0 Å². The Bertz CT molecular complexity index is 2650. The second-order valence-corrected chi connectivity index (χ2v) is 13.6. The molecule has 0 atom stereocenters. The molecule has 0 aliphatic carbocycles. The average molecular weight is 1030 g/mol. The minimum absolute atomic E-state index is 0.254. The quantitative estimate of drug-likeness (QED) is 0.0759. The average Bonchev–Trinajstić information content (AvgIpc) is 3.44. The monoisotopic (exact) mass is 1020 g/mol. The van der Waals surface area contributed by atoms with E-state index >= 15 is 0 Å². The number of rotatable bonds is 11. The Morgan fingerprint density at radius 1 is 0.347 bits per heavy atom. The lowest BCUT2D eigenvalue weighted by Crippen LogP contribution is -2.00. The van der Waals surface area contributed by atoms with Gasteiger partial charge in [0.05, 0.1) is 45.5 Å². The van der Waals surface area contributed by atoms with Crippen molar-refractivity contribution in [2.45, 2.75) is 130 Å². The van der Waals surface area contributed by atoms with Gasteiger partial charge in [0.25, 0.3) is 10.1 Å². The standard InChI is InChI=1S/C40H32N8O3S.8C2H6.O3S/c1-28-3-12-32(13-4-28)41-44-35-19-21-37(22-20-35)46-43-34-16-8-30(9-17-34)7-10-31-11-18-39(27-40(31)52(49,50)51)48-47-38-25-23-36(24-26-38)45-42-33-14-5-29(2)6-15-33;8*1-2;1-4(2)3/h3-27H,1-2H3,(H,49,50,51);8*1-2H3;. The van der Waals surface area contributed by atoms with Gasteiger partial charge in [-0.2, -0.15) is 49.3 Å². The fourth-order valence-electron chi connectivity index (χ4n) is 4.64. The number of nitrogens with zero attached hydrogens (tertiary/aromatic N) is 8. The molecule has 16 heteroatoms. The van der Waals surface area contributed by atoms with Gasteiger partial charge in [0.1, 0.15) is 4.90 Å². The third-order valence-corrected chi connectivity index (χ3v) is 8.42. The van der Waals surface area contributed by atoms with Crippen LogP contribution < -0.4 is 0 Å². The van der Waals surface area contributed by atoms with Crippen LogP contribution in [0.1, 0.15) is 133 Å². The highest BCUT2D eigenvalue weighted by molar-refractivity contribution is 7.86. The number of aryl methyl sites for hydroxylation is 2. The molecule has 0 saturated carbocycles. The first-order valence-corrected chi connectivity index (χ1v) is 27.0. The predicted molar refractivity (Wildman–Crippen MR) is 304 cm³/mol. The van der Waals surface area contributed by atoms with Crippen molar-refractivity contribution in [2.75, 3.05) is 0 Å². The van der Waals surface area contributed by atoms with Gasteiger partial charge in [-0.3, -0.25) is 4.55 Å². The molecule has 14 nitrogen and oxygen atoms in total. The van der Waals surface area contributed by atoms with Crippen LogP contribution in [0.4, 0.5) is 45.5 Å². The van der Waals surface area contributed by atoms with E-state index in [1.54, 1.807) is 60.7 Å². The molecule has 0 aliphatic rings. The maximum absolute atomic E-state index is 12.3. The summed E-state index contributed by atoms with van der Waals surface area (Å²) in [6, 6.07) is 41.4. The highest BCUT2D eigenvalue weighted by Gasteiger charge is 2.15. The molecule has 0 aliphatic heterocycles. The first kappa shape index (κ1) is 71.5. The molecule has 0 aromatic heterocycles. The van der Waals surface area contributed by atoms with Gasteiger partial charge in [0.15, 0.2) is 0 Å². The Balaban J connectivity index is -0.00000102. The molecule has 392 valence electrons. The molecular formula is C56H80N8O6S2. The number of azo groups is 4. The smallest absolute Gasteiger partial charge is 0.282 e. The van der Waals surface area contributed by atoms with Gasteiger partial charge in [-0.15, -0.1) is 12.6 Å². The van der Waals surface area contributed by atoms with Crippen LogP contribution in [0.25, 0.3) is 12.2 Å². The van der Waals surface area contributed by atoms with E-state index < -0.39 is 20.7 Å². The molecule has 6 aromatic carbocycles. The van der Waals surface area contributed by atoms with Gasteiger partial charge >= 0.3 is 10.6 Å². The maximum atomic E-state index is 12.3.